The molecule has 12 nitrogen and oxygen atoms in total. The summed E-state index contributed by atoms with van der Waals surface area (Å²) in [6.45, 7) is 3.70. The topological polar surface area (TPSA) is 149 Å². The molecule has 8 atom stereocenters. The molecule has 2 aliphatic heterocycles. The van der Waals surface area contributed by atoms with Gasteiger partial charge in [-0.05, 0) is 54.7 Å². The van der Waals surface area contributed by atoms with Crippen LogP contribution >= 0.6 is 0 Å². The van der Waals surface area contributed by atoms with Gasteiger partial charge in [0, 0.05) is 74.9 Å². The molecule has 3 aromatic rings. The molecule has 2 heterocycles. The minimum absolute atomic E-state index is 0.00797. The summed E-state index contributed by atoms with van der Waals surface area (Å²) in [6.07, 6.45) is 15.0. The zero-order valence-electron chi connectivity index (χ0n) is 37.3. The van der Waals surface area contributed by atoms with Gasteiger partial charge in [-0.1, -0.05) is 132 Å². The lowest BCUT2D eigenvalue weighted by molar-refractivity contribution is -0.133. The molecule has 63 heavy (non-hydrogen) atoms. The van der Waals surface area contributed by atoms with E-state index in [1.807, 2.05) is 36.4 Å². The fourth-order valence-corrected chi connectivity index (χ4v) is 9.58. The molecule has 3 aromatic carbocycles. The first-order valence-corrected chi connectivity index (χ1v) is 23.7. The molecule has 7 rings (SSSR count). The first-order chi connectivity index (χ1) is 30.7. The van der Waals surface area contributed by atoms with Crippen molar-refractivity contribution >= 4 is 29.7 Å². The van der Waals surface area contributed by atoms with E-state index in [1.165, 1.54) is 68.9 Å². The zero-order valence-corrected chi connectivity index (χ0v) is 37.3. The molecule has 6 amide bonds. The second-order valence-corrected chi connectivity index (χ2v) is 18.3. The van der Waals surface area contributed by atoms with E-state index in [0.717, 1.165) is 25.7 Å². The highest BCUT2D eigenvalue weighted by atomic mass is 16.5. The van der Waals surface area contributed by atoms with Crippen LogP contribution in [0.5, 0.6) is 0 Å². The van der Waals surface area contributed by atoms with Crippen molar-refractivity contribution in [2.75, 3.05) is 39.8 Å². The van der Waals surface area contributed by atoms with Gasteiger partial charge in [0.1, 0.15) is 0 Å². The quantitative estimate of drug-likeness (QED) is 0.0788. The van der Waals surface area contributed by atoms with Crippen molar-refractivity contribution in [3.05, 3.63) is 107 Å². The van der Waals surface area contributed by atoms with Crippen LogP contribution in [-0.2, 0) is 14.3 Å². The van der Waals surface area contributed by atoms with Crippen LogP contribution in [0.4, 0.5) is 4.79 Å². The molecule has 2 saturated carbocycles. The van der Waals surface area contributed by atoms with E-state index >= 15 is 0 Å². The van der Waals surface area contributed by atoms with Crippen LogP contribution in [0.15, 0.2) is 84.9 Å². The van der Waals surface area contributed by atoms with Gasteiger partial charge in [-0.25, -0.2) is 4.79 Å². The minimum Gasteiger partial charge on any atom is -0.377 e. The summed E-state index contributed by atoms with van der Waals surface area (Å²) in [4.78, 5) is 71.5. The Balaban J connectivity index is 0.886. The Morgan fingerprint density at radius 3 is 1.44 bits per heavy atom. The average Bonchev–Trinajstić information content (AvgIpc) is 4.16. The standard InChI is InChI=1S/C51H68N6O6/c1-3-4-5-6-7-8-9-10-11-12-19-28-52-51(62)55-45-33-57(34-46(45)63-2)50(61)38-26-24-37(25-27-38)49(60)56-31-41(47(58)53-43-29-39(43)35-20-15-13-16-21-35)42(32-56)48(59)54-44-30-40(44)36-22-17-14-18-23-36/h13-18,20-27,39-46H,3-12,19,28-34H2,1-2H3,(H,53,58)(H,54,59)(H2,52,55,62)/t39-,40-,41-,42-,43+,44+,45+,46-/m1/s1. The van der Waals surface area contributed by atoms with Crippen molar-refractivity contribution in [2.24, 2.45) is 11.8 Å². The number of hydrogen-bond donors (Lipinski definition) is 4. The number of hydrogen-bond acceptors (Lipinski definition) is 6. The number of carbonyl (C=O) groups is 5. The van der Waals surface area contributed by atoms with Gasteiger partial charge in [0.15, 0.2) is 0 Å². The minimum atomic E-state index is -0.696. The van der Waals surface area contributed by atoms with Crippen molar-refractivity contribution in [3.63, 3.8) is 0 Å². The molecule has 0 aromatic heterocycles. The first-order valence-electron chi connectivity index (χ1n) is 23.7. The molecule has 0 bridgehead atoms. The predicted molar refractivity (Wildman–Crippen MR) is 244 cm³/mol. The van der Waals surface area contributed by atoms with Gasteiger partial charge in [0.25, 0.3) is 11.8 Å². The zero-order chi connectivity index (χ0) is 44.1. The number of likely N-dealkylation sites (tertiary alicyclic amines) is 2. The SMILES string of the molecule is CCCCCCCCCCCCCNC(=O)N[C@H]1CN(C(=O)c2ccc(C(=O)N3C[C@@H](C(=O)N[C@H]4C[C@@H]4c4ccccc4)[C@H](C(=O)N[C@H]4C[C@@H]4c4ccccc4)C3)cc2)C[C@H]1OC. The molecule has 2 saturated heterocycles. The predicted octanol–water partition coefficient (Wildman–Crippen LogP) is 7.17. The molecule has 4 fully saturated rings. The smallest absolute Gasteiger partial charge is 0.315 e. The number of benzene rings is 3. The third-order valence-corrected chi connectivity index (χ3v) is 13.6. The largest absolute Gasteiger partial charge is 0.377 e. The summed E-state index contributed by atoms with van der Waals surface area (Å²) in [7, 11) is 1.58. The van der Waals surface area contributed by atoms with E-state index in [-0.39, 0.29) is 78.8 Å². The first kappa shape index (κ1) is 45.8. The van der Waals surface area contributed by atoms with E-state index in [1.54, 1.807) is 41.2 Å². The van der Waals surface area contributed by atoms with E-state index < -0.39 is 11.8 Å². The maximum absolute atomic E-state index is 14.0. The van der Waals surface area contributed by atoms with E-state index in [0.29, 0.717) is 30.8 Å². The van der Waals surface area contributed by atoms with Crippen molar-refractivity contribution in [1.82, 2.24) is 31.1 Å². The van der Waals surface area contributed by atoms with Gasteiger partial charge >= 0.3 is 6.03 Å². The Kier molecular flexibility index (Phi) is 16.3. The maximum atomic E-state index is 14.0. The number of unbranched alkanes of at least 4 members (excludes halogenated alkanes) is 10. The van der Waals surface area contributed by atoms with Crippen LogP contribution in [0.2, 0.25) is 0 Å². The highest BCUT2D eigenvalue weighted by molar-refractivity contribution is 5.99. The third-order valence-electron chi connectivity index (χ3n) is 13.6. The third kappa shape index (κ3) is 12.5. The van der Waals surface area contributed by atoms with E-state index in [4.69, 9.17) is 4.74 Å². The fraction of sp³-hybridized carbons (Fsp3) is 0.549. The molecule has 2 aliphatic carbocycles. The van der Waals surface area contributed by atoms with Gasteiger partial charge in [0.2, 0.25) is 11.8 Å². The summed E-state index contributed by atoms with van der Waals surface area (Å²) in [5, 5.41) is 12.4. The Hall–Kier alpha value is -5.23. The highest BCUT2D eigenvalue weighted by Crippen LogP contribution is 2.42. The number of methoxy groups -OCH3 is 1. The number of rotatable bonds is 22. The van der Waals surface area contributed by atoms with Crippen molar-refractivity contribution in [2.45, 2.75) is 126 Å². The van der Waals surface area contributed by atoms with Crippen LogP contribution in [0.1, 0.15) is 134 Å². The van der Waals surface area contributed by atoms with Crippen molar-refractivity contribution in [3.8, 4) is 0 Å². The number of amides is 6. The second kappa shape index (κ2) is 22.4. The molecule has 0 radical (unpaired) electrons. The normalized spacial score (nSPS) is 24.7. The molecular weight excluding hydrogens is 793 g/mol. The summed E-state index contributed by atoms with van der Waals surface area (Å²) < 4.78 is 5.67. The number of nitrogens with one attached hydrogen (secondary N) is 4. The Morgan fingerprint density at radius 2 is 0.984 bits per heavy atom. The van der Waals surface area contributed by atoms with Crippen molar-refractivity contribution < 1.29 is 28.7 Å². The molecule has 0 unspecified atom stereocenters. The lowest BCUT2D eigenvalue weighted by Crippen LogP contribution is -2.48. The summed E-state index contributed by atoms with van der Waals surface area (Å²) in [5.74, 6) is -1.86. The van der Waals surface area contributed by atoms with Gasteiger partial charge in [-0.15, -0.1) is 0 Å². The number of nitrogens with zero attached hydrogens (tertiary/aromatic N) is 2. The summed E-state index contributed by atoms with van der Waals surface area (Å²) in [5.41, 5.74) is 3.13. The number of ether oxygens (including phenoxy) is 1. The van der Waals surface area contributed by atoms with Gasteiger partial charge in [-0.3, -0.25) is 19.2 Å². The van der Waals surface area contributed by atoms with Gasteiger partial charge in [-0.2, -0.15) is 0 Å². The van der Waals surface area contributed by atoms with Crippen LogP contribution in [0, 0.1) is 11.8 Å². The van der Waals surface area contributed by atoms with Crippen LogP contribution in [-0.4, -0.2) is 104 Å². The second-order valence-electron chi connectivity index (χ2n) is 18.3. The lowest BCUT2D eigenvalue weighted by atomic mass is 9.94. The summed E-state index contributed by atoms with van der Waals surface area (Å²) >= 11 is 0. The maximum Gasteiger partial charge on any atom is 0.315 e. The Morgan fingerprint density at radius 1 is 0.540 bits per heavy atom. The fourth-order valence-electron chi connectivity index (χ4n) is 9.58. The molecule has 12 heteroatoms. The monoisotopic (exact) mass is 861 g/mol. The van der Waals surface area contributed by atoms with E-state index in [9.17, 15) is 24.0 Å². The van der Waals surface area contributed by atoms with Crippen LogP contribution in [0.3, 0.4) is 0 Å². The van der Waals surface area contributed by atoms with Crippen molar-refractivity contribution in [1.29, 1.82) is 0 Å². The van der Waals surface area contributed by atoms with Crippen LogP contribution in [0.25, 0.3) is 0 Å². The molecule has 4 aliphatic rings. The number of carbonyl (C=O) groups excluding carboxylic acids is 5. The Bertz CT molecular complexity index is 1900. The van der Waals surface area contributed by atoms with Crippen LogP contribution < -0.4 is 21.3 Å². The highest BCUT2D eigenvalue weighted by Gasteiger charge is 2.49. The molecular formula is C51H68N6O6. The summed E-state index contributed by atoms with van der Waals surface area (Å²) in [6, 6.07) is 26.1. The molecule has 338 valence electrons. The lowest BCUT2D eigenvalue weighted by Gasteiger charge is -2.19. The number of urea groups is 1. The van der Waals surface area contributed by atoms with E-state index in [2.05, 4.69) is 52.5 Å². The average molecular weight is 861 g/mol. The molecule has 0 spiro atoms. The van der Waals surface area contributed by atoms with Gasteiger partial charge in [0.05, 0.1) is 24.0 Å². The van der Waals surface area contributed by atoms with Gasteiger partial charge < -0.3 is 35.8 Å². The Labute approximate surface area is 373 Å². The molecule has 4 N–H and O–H groups in total.